The number of pyridine rings is 1. The number of aromatic nitrogens is 1. The van der Waals surface area contributed by atoms with Gasteiger partial charge in [0.1, 0.15) is 11.4 Å². The highest BCUT2D eigenvalue weighted by molar-refractivity contribution is 6.25. The highest BCUT2D eigenvalue weighted by atomic mass is 16.5. The van der Waals surface area contributed by atoms with Crippen LogP contribution < -0.4 is 15.2 Å². The quantitative estimate of drug-likeness (QED) is 0.445. The van der Waals surface area contributed by atoms with Crippen molar-refractivity contribution in [2.45, 2.75) is 19.8 Å². The number of para-hydroxylation sites is 2. The van der Waals surface area contributed by atoms with Gasteiger partial charge >= 0.3 is 0 Å². The van der Waals surface area contributed by atoms with Crippen molar-refractivity contribution in [2.75, 3.05) is 12.0 Å². The van der Waals surface area contributed by atoms with Crippen LogP contribution in [0, 0.1) is 5.41 Å². The molecule has 6 heteroatoms. The minimum atomic E-state index is -1.00. The Morgan fingerprint density at radius 3 is 2.35 bits per heavy atom. The van der Waals surface area contributed by atoms with Crippen molar-refractivity contribution in [1.82, 2.24) is 4.98 Å². The van der Waals surface area contributed by atoms with Gasteiger partial charge in [0.05, 0.1) is 12.5 Å². The van der Waals surface area contributed by atoms with E-state index in [1.54, 1.807) is 14.0 Å². The number of H-pyrrole nitrogens is 1. The second kappa shape index (κ2) is 8.30. The van der Waals surface area contributed by atoms with Gasteiger partial charge in [0.15, 0.2) is 0 Å². The van der Waals surface area contributed by atoms with Crippen LogP contribution >= 0.6 is 0 Å². The molecule has 3 aromatic carbocycles. The number of nitrogens with zero attached hydrogens (tertiary/aromatic N) is 1. The number of imide groups is 1. The van der Waals surface area contributed by atoms with Crippen molar-refractivity contribution in [3.63, 3.8) is 0 Å². The van der Waals surface area contributed by atoms with Crippen LogP contribution in [-0.4, -0.2) is 23.9 Å². The Bertz CT molecular complexity index is 1480. The number of aromatic amines is 1. The molecule has 2 heterocycles. The average molecular weight is 453 g/mol. The molecule has 0 radical (unpaired) electrons. The van der Waals surface area contributed by atoms with Crippen LogP contribution in [0.25, 0.3) is 22.0 Å². The molecule has 170 valence electrons. The topological polar surface area (TPSA) is 79.5 Å². The molecule has 1 N–H and O–H groups in total. The SMILES string of the molecule is COc1ccccc1CC1(C)CC(=O)N(c2c(-c3ccccc3)c3ccccc3[nH]c2=O)C1=O. The van der Waals surface area contributed by atoms with Crippen LogP contribution in [0.1, 0.15) is 18.9 Å². The number of amides is 2. The first kappa shape index (κ1) is 21.6. The third-order valence-electron chi connectivity index (χ3n) is 6.47. The van der Waals surface area contributed by atoms with Crippen molar-refractivity contribution >= 4 is 28.4 Å². The number of anilines is 1. The first-order valence-electron chi connectivity index (χ1n) is 11.1. The van der Waals surface area contributed by atoms with Gasteiger partial charge in [-0.25, -0.2) is 4.90 Å². The van der Waals surface area contributed by atoms with E-state index in [2.05, 4.69) is 4.98 Å². The smallest absolute Gasteiger partial charge is 0.273 e. The molecular formula is C28H24N2O4. The van der Waals surface area contributed by atoms with E-state index in [1.165, 1.54) is 0 Å². The summed E-state index contributed by atoms with van der Waals surface area (Å²) in [7, 11) is 1.58. The minimum absolute atomic E-state index is 0.00434. The Kier molecular flexibility index (Phi) is 5.28. The zero-order chi connectivity index (χ0) is 23.9. The Labute approximate surface area is 196 Å². The van der Waals surface area contributed by atoms with E-state index < -0.39 is 11.0 Å². The minimum Gasteiger partial charge on any atom is -0.496 e. The molecule has 0 saturated carbocycles. The zero-order valence-corrected chi connectivity index (χ0v) is 19.0. The van der Waals surface area contributed by atoms with E-state index in [0.717, 1.165) is 21.4 Å². The lowest BCUT2D eigenvalue weighted by Gasteiger charge is -2.24. The molecular weight excluding hydrogens is 428 g/mol. The van der Waals surface area contributed by atoms with Gasteiger partial charge in [-0.1, -0.05) is 66.7 Å². The fourth-order valence-electron chi connectivity index (χ4n) is 4.85. The van der Waals surface area contributed by atoms with Crippen LogP contribution in [0.15, 0.2) is 83.7 Å². The van der Waals surface area contributed by atoms with Crippen LogP contribution in [0.4, 0.5) is 5.69 Å². The Balaban J connectivity index is 1.67. The fourth-order valence-corrected chi connectivity index (χ4v) is 4.85. The summed E-state index contributed by atoms with van der Waals surface area (Å²) >= 11 is 0. The summed E-state index contributed by atoms with van der Waals surface area (Å²) in [4.78, 5) is 44.5. The van der Waals surface area contributed by atoms with E-state index >= 15 is 0 Å². The summed E-state index contributed by atoms with van der Waals surface area (Å²) in [6.07, 6.45) is 0.328. The maximum atomic E-state index is 13.8. The molecule has 6 nitrogen and oxygen atoms in total. The van der Waals surface area contributed by atoms with E-state index in [4.69, 9.17) is 4.74 Å². The van der Waals surface area contributed by atoms with Crippen molar-refractivity contribution in [2.24, 2.45) is 5.41 Å². The molecule has 2 amide bonds. The highest BCUT2D eigenvalue weighted by Gasteiger charge is 2.50. The molecule has 1 fully saturated rings. The third-order valence-corrected chi connectivity index (χ3v) is 6.47. The summed E-state index contributed by atoms with van der Waals surface area (Å²) in [6, 6.07) is 24.2. The first-order chi connectivity index (χ1) is 16.4. The molecule has 1 aliphatic rings. The maximum Gasteiger partial charge on any atom is 0.273 e. The number of hydrogen-bond acceptors (Lipinski definition) is 4. The number of fused-ring (bicyclic) bond motifs is 1. The number of methoxy groups -OCH3 is 1. The van der Waals surface area contributed by atoms with Gasteiger partial charge in [0.25, 0.3) is 5.56 Å². The van der Waals surface area contributed by atoms with Crippen molar-refractivity contribution in [3.05, 3.63) is 94.8 Å². The fraction of sp³-hybridized carbons (Fsp3) is 0.179. The van der Waals surface area contributed by atoms with E-state index in [-0.39, 0.29) is 23.9 Å². The van der Waals surface area contributed by atoms with Crippen molar-refractivity contribution in [1.29, 1.82) is 0 Å². The number of benzene rings is 3. The molecule has 4 aromatic rings. The zero-order valence-electron chi connectivity index (χ0n) is 19.0. The second-order valence-electron chi connectivity index (χ2n) is 8.85. The van der Waals surface area contributed by atoms with Gasteiger partial charge in [-0.15, -0.1) is 0 Å². The lowest BCUT2D eigenvalue weighted by atomic mass is 9.82. The summed E-state index contributed by atoms with van der Waals surface area (Å²) in [5.41, 5.74) is 1.42. The number of ether oxygens (including phenoxy) is 1. The van der Waals surface area contributed by atoms with E-state index in [1.807, 2.05) is 78.9 Å². The standard InChI is InChI=1S/C28H24N2O4/c1-28(16-19-12-6-9-15-22(19)34-2)17-23(31)30(27(28)33)25-24(18-10-4-3-5-11-18)20-13-7-8-14-21(20)29-26(25)32/h3-15H,16-17H2,1-2H3,(H,29,32). The molecule has 0 bridgehead atoms. The Morgan fingerprint density at radius 1 is 0.912 bits per heavy atom. The van der Waals surface area contributed by atoms with Gasteiger partial charge in [0, 0.05) is 22.9 Å². The van der Waals surface area contributed by atoms with Gasteiger partial charge in [-0.2, -0.15) is 0 Å². The normalized spacial score (nSPS) is 18.0. The van der Waals surface area contributed by atoms with Crippen LogP contribution in [0.5, 0.6) is 5.75 Å². The average Bonchev–Trinajstić information content (AvgIpc) is 3.06. The molecule has 0 spiro atoms. The van der Waals surface area contributed by atoms with Crippen molar-refractivity contribution < 1.29 is 14.3 Å². The number of hydrogen-bond donors (Lipinski definition) is 1. The summed E-state index contributed by atoms with van der Waals surface area (Å²) < 4.78 is 5.45. The van der Waals surface area contributed by atoms with Crippen LogP contribution in [0.3, 0.4) is 0 Å². The largest absolute Gasteiger partial charge is 0.496 e. The highest BCUT2D eigenvalue weighted by Crippen LogP contribution is 2.43. The lowest BCUT2D eigenvalue weighted by molar-refractivity contribution is -0.125. The molecule has 1 aromatic heterocycles. The van der Waals surface area contributed by atoms with Gasteiger partial charge in [-0.05, 0) is 36.6 Å². The summed E-state index contributed by atoms with van der Waals surface area (Å²) in [6.45, 7) is 1.77. The Morgan fingerprint density at radius 2 is 1.59 bits per heavy atom. The number of nitrogens with one attached hydrogen (secondary N) is 1. The molecule has 1 aliphatic heterocycles. The summed E-state index contributed by atoms with van der Waals surface area (Å²) in [5.74, 6) is -0.113. The van der Waals surface area contributed by atoms with Crippen molar-refractivity contribution in [3.8, 4) is 16.9 Å². The Hall–Kier alpha value is -4.19. The van der Waals surface area contributed by atoms with E-state index in [9.17, 15) is 14.4 Å². The first-order valence-corrected chi connectivity index (χ1v) is 11.1. The molecule has 1 saturated heterocycles. The van der Waals surface area contributed by atoms with Gasteiger partial charge < -0.3 is 9.72 Å². The molecule has 34 heavy (non-hydrogen) atoms. The summed E-state index contributed by atoms with van der Waals surface area (Å²) in [5, 5.41) is 0.766. The lowest BCUT2D eigenvalue weighted by Crippen LogP contribution is -2.38. The number of carbonyl (C=O) groups is 2. The van der Waals surface area contributed by atoms with Gasteiger partial charge in [0.2, 0.25) is 11.8 Å². The maximum absolute atomic E-state index is 13.8. The number of carbonyl (C=O) groups excluding carboxylic acids is 2. The monoisotopic (exact) mass is 452 g/mol. The van der Waals surface area contributed by atoms with E-state index in [0.29, 0.717) is 23.3 Å². The molecule has 5 rings (SSSR count). The predicted molar refractivity (Wildman–Crippen MR) is 132 cm³/mol. The van der Waals surface area contributed by atoms with Crippen LogP contribution in [0.2, 0.25) is 0 Å². The molecule has 1 unspecified atom stereocenters. The predicted octanol–water partition coefficient (Wildman–Crippen LogP) is 4.72. The third kappa shape index (κ3) is 3.48. The molecule has 1 atom stereocenters. The second-order valence-corrected chi connectivity index (χ2v) is 8.85. The van der Waals surface area contributed by atoms with Gasteiger partial charge in [-0.3, -0.25) is 14.4 Å². The molecule has 0 aliphatic carbocycles. The van der Waals surface area contributed by atoms with Crippen LogP contribution in [-0.2, 0) is 16.0 Å². The number of rotatable bonds is 5.